The van der Waals surface area contributed by atoms with Gasteiger partial charge in [0.2, 0.25) is 17.7 Å². The van der Waals surface area contributed by atoms with Crippen LogP contribution in [0.15, 0.2) is 30.6 Å². The van der Waals surface area contributed by atoms with Crippen LogP contribution in [0.2, 0.25) is 0 Å². The van der Waals surface area contributed by atoms with E-state index in [-0.39, 0.29) is 43.7 Å². The second-order valence-electron chi connectivity index (χ2n) is 7.29. The number of imide groups is 1. The molecule has 8 nitrogen and oxygen atoms in total. The van der Waals surface area contributed by atoms with Gasteiger partial charge in [0.05, 0.1) is 24.0 Å². The van der Waals surface area contributed by atoms with Crippen LogP contribution in [0.5, 0.6) is 0 Å². The number of aromatic nitrogens is 3. The molecule has 1 saturated heterocycles. The molecular formula is C20H23N5O3. The minimum absolute atomic E-state index is 0.188. The normalized spacial score (nSPS) is 17.5. The van der Waals surface area contributed by atoms with Crippen molar-refractivity contribution in [1.29, 1.82) is 0 Å². The van der Waals surface area contributed by atoms with Crippen LogP contribution in [-0.2, 0) is 20.9 Å². The van der Waals surface area contributed by atoms with E-state index in [0.29, 0.717) is 6.04 Å². The lowest BCUT2D eigenvalue weighted by Crippen LogP contribution is -2.39. The summed E-state index contributed by atoms with van der Waals surface area (Å²) in [6, 6.07) is 6.26. The maximum atomic E-state index is 12.2. The first-order chi connectivity index (χ1) is 13.6. The number of amides is 3. The van der Waals surface area contributed by atoms with Crippen LogP contribution in [0, 0.1) is 0 Å². The average molecular weight is 381 g/mol. The summed E-state index contributed by atoms with van der Waals surface area (Å²) in [5.74, 6) is -0.930. The molecule has 1 N–H and O–H groups in total. The molecule has 1 aliphatic carbocycles. The second-order valence-corrected chi connectivity index (χ2v) is 7.29. The van der Waals surface area contributed by atoms with Crippen LogP contribution < -0.4 is 5.32 Å². The molecule has 28 heavy (non-hydrogen) atoms. The predicted molar refractivity (Wildman–Crippen MR) is 101 cm³/mol. The number of carbonyl (C=O) groups is 3. The summed E-state index contributed by atoms with van der Waals surface area (Å²) in [5.41, 5.74) is 2.81. The molecule has 2 aromatic heterocycles. The molecule has 0 bridgehead atoms. The summed E-state index contributed by atoms with van der Waals surface area (Å²) >= 11 is 0. The Hall–Kier alpha value is -3.03. The van der Waals surface area contributed by atoms with E-state index >= 15 is 0 Å². The first kappa shape index (κ1) is 18.3. The van der Waals surface area contributed by atoms with Crippen LogP contribution in [0.4, 0.5) is 0 Å². The molecule has 8 heteroatoms. The van der Waals surface area contributed by atoms with Gasteiger partial charge in [0, 0.05) is 30.8 Å². The third kappa shape index (κ3) is 3.81. The van der Waals surface area contributed by atoms with E-state index in [1.807, 2.05) is 18.2 Å². The van der Waals surface area contributed by atoms with Crippen LogP contribution >= 0.6 is 0 Å². The summed E-state index contributed by atoms with van der Waals surface area (Å²) in [7, 11) is 0. The van der Waals surface area contributed by atoms with Crippen LogP contribution in [0.1, 0.15) is 50.3 Å². The van der Waals surface area contributed by atoms with Gasteiger partial charge in [-0.25, -0.2) is 0 Å². The average Bonchev–Trinajstić information content (AvgIpc) is 3.44. The Balaban J connectivity index is 1.46. The SMILES string of the molecule is O=C(CN1C(=O)CCC1=O)NCc1cc(-c2ccncc2)n(C2CCCC2)n1. The molecule has 2 fully saturated rings. The summed E-state index contributed by atoms with van der Waals surface area (Å²) in [4.78, 5) is 40.6. The van der Waals surface area contributed by atoms with Crippen LogP contribution in [-0.4, -0.2) is 43.9 Å². The Morgan fingerprint density at radius 2 is 1.79 bits per heavy atom. The maximum absolute atomic E-state index is 12.2. The first-order valence-corrected chi connectivity index (χ1v) is 9.70. The molecule has 0 spiro atoms. The van der Waals surface area contributed by atoms with E-state index in [4.69, 9.17) is 5.10 Å². The number of carbonyl (C=O) groups excluding carboxylic acids is 3. The largest absolute Gasteiger partial charge is 0.349 e. The van der Waals surface area contributed by atoms with E-state index in [0.717, 1.165) is 34.7 Å². The van der Waals surface area contributed by atoms with Gasteiger partial charge in [-0.3, -0.25) is 28.9 Å². The molecule has 3 amide bonds. The Morgan fingerprint density at radius 3 is 2.46 bits per heavy atom. The van der Waals surface area contributed by atoms with Crippen LogP contribution in [0.25, 0.3) is 11.3 Å². The smallest absolute Gasteiger partial charge is 0.240 e. The van der Waals surface area contributed by atoms with Crippen molar-refractivity contribution in [2.75, 3.05) is 6.54 Å². The van der Waals surface area contributed by atoms with Gasteiger partial charge in [-0.05, 0) is 31.0 Å². The molecule has 2 aliphatic rings. The molecule has 0 unspecified atom stereocenters. The topological polar surface area (TPSA) is 97.2 Å². The lowest BCUT2D eigenvalue weighted by atomic mass is 10.1. The monoisotopic (exact) mass is 381 g/mol. The fourth-order valence-electron chi connectivity index (χ4n) is 3.88. The molecule has 3 heterocycles. The Morgan fingerprint density at radius 1 is 1.11 bits per heavy atom. The molecular weight excluding hydrogens is 358 g/mol. The molecule has 0 radical (unpaired) electrons. The zero-order valence-corrected chi connectivity index (χ0v) is 15.6. The number of rotatable bonds is 6. The molecule has 2 aromatic rings. The van der Waals surface area contributed by atoms with Gasteiger partial charge in [0.15, 0.2) is 0 Å². The molecule has 4 rings (SSSR count). The van der Waals surface area contributed by atoms with E-state index in [2.05, 4.69) is 15.0 Å². The van der Waals surface area contributed by atoms with Gasteiger partial charge >= 0.3 is 0 Å². The quantitative estimate of drug-likeness (QED) is 0.770. The van der Waals surface area contributed by atoms with Crippen molar-refractivity contribution in [2.45, 2.75) is 51.1 Å². The lowest BCUT2D eigenvalue weighted by molar-refractivity contribution is -0.142. The summed E-state index contributed by atoms with van der Waals surface area (Å²) < 4.78 is 2.07. The Kier molecular flexibility index (Phi) is 5.18. The summed E-state index contributed by atoms with van der Waals surface area (Å²) in [6.45, 7) is 0.0328. The van der Waals surface area contributed by atoms with E-state index < -0.39 is 0 Å². The van der Waals surface area contributed by atoms with Crippen molar-refractivity contribution >= 4 is 17.7 Å². The number of hydrogen-bond acceptors (Lipinski definition) is 5. The third-order valence-corrected chi connectivity index (χ3v) is 5.36. The zero-order valence-electron chi connectivity index (χ0n) is 15.6. The first-order valence-electron chi connectivity index (χ1n) is 9.70. The molecule has 1 aliphatic heterocycles. The Bertz CT molecular complexity index is 871. The van der Waals surface area contributed by atoms with Crippen molar-refractivity contribution in [3.63, 3.8) is 0 Å². The highest BCUT2D eigenvalue weighted by atomic mass is 16.2. The third-order valence-electron chi connectivity index (χ3n) is 5.36. The van der Waals surface area contributed by atoms with E-state index in [1.165, 1.54) is 12.8 Å². The molecule has 0 aromatic carbocycles. The molecule has 146 valence electrons. The van der Waals surface area contributed by atoms with Gasteiger partial charge in [-0.1, -0.05) is 12.8 Å². The van der Waals surface area contributed by atoms with Crippen molar-refractivity contribution in [3.05, 3.63) is 36.3 Å². The lowest BCUT2D eigenvalue weighted by Gasteiger charge is -2.14. The summed E-state index contributed by atoms with van der Waals surface area (Å²) in [6.07, 6.45) is 8.49. The number of nitrogens with zero attached hydrogens (tertiary/aromatic N) is 4. The fraction of sp³-hybridized carbons (Fsp3) is 0.450. The van der Waals surface area contributed by atoms with Gasteiger partial charge in [0.1, 0.15) is 6.54 Å². The molecule has 0 atom stereocenters. The number of hydrogen-bond donors (Lipinski definition) is 1. The fourth-order valence-corrected chi connectivity index (χ4v) is 3.88. The summed E-state index contributed by atoms with van der Waals surface area (Å²) in [5, 5.41) is 7.51. The van der Waals surface area contributed by atoms with Crippen molar-refractivity contribution in [2.24, 2.45) is 0 Å². The highest BCUT2D eigenvalue weighted by Crippen LogP contribution is 2.33. The Labute approximate surface area is 162 Å². The standard InChI is InChI=1S/C20H23N5O3/c26-18(13-24-19(27)5-6-20(24)28)22-12-15-11-17(14-7-9-21-10-8-14)25(23-15)16-3-1-2-4-16/h7-11,16H,1-6,12-13H2,(H,22,26). The molecule has 1 saturated carbocycles. The second kappa shape index (κ2) is 7.92. The highest BCUT2D eigenvalue weighted by Gasteiger charge is 2.30. The van der Waals surface area contributed by atoms with Gasteiger partial charge in [-0.15, -0.1) is 0 Å². The van der Waals surface area contributed by atoms with Gasteiger partial charge < -0.3 is 5.32 Å². The number of likely N-dealkylation sites (tertiary alicyclic amines) is 1. The highest BCUT2D eigenvalue weighted by molar-refractivity contribution is 6.04. The van der Waals surface area contributed by atoms with E-state index in [1.54, 1.807) is 12.4 Å². The van der Waals surface area contributed by atoms with Crippen LogP contribution in [0.3, 0.4) is 0 Å². The zero-order chi connectivity index (χ0) is 19.5. The maximum Gasteiger partial charge on any atom is 0.240 e. The van der Waals surface area contributed by atoms with Gasteiger partial charge in [0.25, 0.3) is 0 Å². The predicted octanol–water partition coefficient (Wildman–Crippen LogP) is 1.83. The number of nitrogens with one attached hydrogen (secondary N) is 1. The minimum Gasteiger partial charge on any atom is -0.349 e. The van der Waals surface area contributed by atoms with Crippen molar-refractivity contribution in [3.8, 4) is 11.3 Å². The minimum atomic E-state index is -0.357. The van der Waals surface area contributed by atoms with Crippen molar-refractivity contribution < 1.29 is 14.4 Å². The van der Waals surface area contributed by atoms with Gasteiger partial charge in [-0.2, -0.15) is 5.10 Å². The number of pyridine rings is 1. The van der Waals surface area contributed by atoms with Crippen molar-refractivity contribution in [1.82, 2.24) is 25.0 Å². The van der Waals surface area contributed by atoms with E-state index in [9.17, 15) is 14.4 Å².